The fraction of sp³-hybridized carbons (Fsp3) is 0.857. The number of hydrogen-bond acceptors (Lipinski definition) is 4. The average molecular weight is 266 g/mol. The molecule has 1 aliphatic carbocycles. The van der Waals surface area contributed by atoms with E-state index in [0.717, 1.165) is 44.9 Å². The molecule has 1 aromatic rings. The first kappa shape index (κ1) is 14.5. The Morgan fingerprint density at radius 2 is 2.32 bits per heavy atom. The van der Waals surface area contributed by atoms with Gasteiger partial charge in [0.05, 0.1) is 6.61 Å². The monoisotopic (exact) mass is 266 g/mol. The summed E-state index contributed by atoms with van der Waals surface area (Å²) in [5, 5.41) is 7.83. The number of aryl methyl sites for hydroxylation is 1. The Hall–Kier alpha value is -0.940. The molecule has 0 aromatic carbocycles. The van der Waals surface area contributed by atoms with Gasteiger partial charge in [-0.05, 0) is 24.7 Å². The summed E-state index contributed by atoms with van der Waals surface area (Å²) in [6.45, 7) is 5.93. The predicted octanol–water partition coefficient (Wildman–Crippen LogP) is 1.64. The zero-order valence-corrected chi connectivity index (χ0v) is 12.2. The van der Waals surface area contributed by atoms with Crippen LogP contribution in [0.3, 0.4) is 0 Å². The topological polar surface area (TPSA) is 52.0 Å². The van der Waals surface area contributed by atoms with E-state index in [1.165, 1.54) is 19.3 Å². The molecule has 0 amide bonds. The van der Waals surface area contributed by atoms with Gasteiger partial charge in [-0.2, -0.15) is 5.10 Å². The van der Waals surface area contributed by atoms with Crippen molar-refractivity contribution in [2.45, 2.75) is 45.6 Å². The van der Waals surface area contributed by atoms with Crippen LogP contribution in [0.5, 0.6) is 0 Å². The number of aromatic nitrogens is 3. The Morgan fingerprint density at radius 3 is 2.95 bits per heavy atom. The molecule has 19 heavy (non-hydrogen) atoms. The zero-order valence-electron chi connectivity index (χ0n) is 12.2. The smallest absolute Gasteiger partial charge is 0.138 e. The number of hydrogen-bond donors (Lipinski definition) is 1. The summed E-state index contributed by atoms with van der Waals surface area (Å²) < 4.78 is 7.14. The second-order valence-corrected chi connectivity index (χ2v) is 5.60. The van der Waals surface area contributed by atoms with Crippen LogP contribution in [0.4, 0.5) is 0 Å². The van der Waals surface area contributed by atoms with E-state index in [1.54, 1.807) is 13.4 Å². The van der Waals surface area contributed by atoms with Gasteiger partial charge in [0, 0.05) is 33.2 Å². The molecule has 1 heterocycles. The highest BCUT2D eigenvalue weighted by Crippen LogP contribution is 2.42. The maximum Gasteiger partial charge on any atom is 0.138 e. The lowest BCUT2D eigenvalue weighted by Gasteiger charge is -2.42. The fourth-order valence-electron chi connectivity index (χ4n) is 2.78. The third-order valence-electron chi connectivity index (χ3n) is 4.06. The van der Waals surface area contributed by atoms with Crippen molar-refractivity contribution in [3.05, 3.63) is 12.2 Å². The number of ether oxygens (including phenoxy) is 1. The molecular formula is C14H26N4O. The molecule has 2 rings (SSSR count). The van der Waals surface area contributed by atoms with Gasteiger partial charge in [-0.1, -0.05) is 13.3 Å². The highest BCUT2D eigenvalue weighted by atomic mass is 16.5. The summed E-state index contributed by atoms with van der Waals surface area (Å²) in [5.74, 6) is 1.15. The van der Waals surface area contributed by atoms with Crippen molar-refractivity contribution in [1.82, 2.24) is 20.1 Å². The van der Waals surface area contributed by atoms with Gasteiger partial charge < -0.3 is 10.1 Å². The van der Waals surface area contributed by atoms with Crippen molar-refractivity contribution in [2.75, 3.05) is 26.8 Å². The first-order valence-electron chi connectivity index (χ1n) is 7.36. The number of nitrogens with zero attached hydrogens (tertiary/aromatic N) is 3. The first-order valence-corrected chi connectivity index (χ1v) is 7.36. The Labute approximate surface area is 115 Å². The van der Waals surface area contributed by atoms with E-state index >= 15 is 0 Å². The molecule has 1 aliphatic rings. The molecule has 1 aromatic heterocycles. The molecule has 0 spiro atoms. The fourth-order valence-corrected chi connectivity index (χ4v) is 2.78. The van der Waals surface area contributed by atoms with Crippen molar-refractivity contribution in [2.24, 2.45) is 5.41 Å². The summed E-state index contributed by atoms with van der Waals surface area (Å²) >= 11 is 0. The van der Waals surface area contributed by atoms with Crippen LogP contribution in [0.15, 0.2) is 6.33 Å². The molecular weight excluding hydrogens is 240 g/mol. The lowest BCUT2D eigenvalue weighted by Crippen LogP contribution is -2.43. The standard InChI is InChI=1S/C14H26N4O/c1-3-8-18-13(16-12-17-18)10-14(5-4-6-14)11-15-7-9-19-2/h12,15H,3-11H2,1-2H3. The van der Waals surface area contributed by atoms with Crippen LogP contribution in [0.25, 0.3) is 0 Å². The van der Waals surface area contributed by atoms with E-state index < -0.39 is 0 Å². The van der Waals surface area contributed by atoms with Crippen molar-refractivity contribution in [3.8, 4) is 0 Å². The number of methoxy groups -OCH3 is 1. The highest BCUT2D eigenvalue weighted by molar-refractivity contribution is 4.99. The van der Waals surface area contributed by atoms with Crippen LogP contribution >= 0.6 is 0 Å². The number of rotatable bonds is 9. The molecule has 0 aliphatic heterocycles. The van der Waals surface area contributed by atoms with Gasteiger partial charge in [0.25, 0.3) is 0 Å². The molecule has 5 nitrogen and oxygen atoms in total. The molecule has 1 N–H and O–H groups in total. The van der Waals surface area contributed by atoms with E-state index in [-0.39, 0.29) is 0 Å². The average Bonchev–Trinajstić information content (AvgIpc) is 2.79. The minimum Gasteiger partial charge on any atom is -0.383 e. The maximum atomic E-state index is 5.08. The van der Waals surface area contributed by atoms with Gasteiger partial charge in [-0.15, -0.1) is 0 Å². The third-order valence-corrected chi connectivity index (χ3v) is 4.06. The summed E-state index contributed by atoms with van der Waals surface area (Å²) in [6.07, 6.45) is 7.78. The second kappa shape index (κ2) is 7.01. The molecule has 0 atom stereocenters. The minimum absolute atomic E-state index is 0.395. The Balaban J connectivity index is 1.88. The normalized spacial score (nSPS) is 17.4. The third kappa shape index (κ3) is 3.76. The second-order valence-electron chi connectivity index (χ2n) is 5.60. The van der Waals surface area contributed by atoms with Gasteiger partial charge >= 0.3 is 0 Å². The first-order chi connectivity index (χ1) is 9.29. The van der Waals surface area contributed by atoms with Crippen molar-refractivity contribution < 1.29 is 4.74 Å². The molecule has 0 radical (unpaired) electrons. The quantitative estimate of drug-likeness (QED) is 0.690. The van der Waals surface area contributed by atoms with Crippen LogP contribution in [0.2, 0.25) is 0 Å². The van der Waals surface area contributed by atoms with Crippen LogP contribution in [-0.4, -0.2) is 41.6 Å². The lowest BCUT2D eigenvalue weighted by molar-refractivity contribution is 0.118. The molecule has 0 bridgehead atoms. The van der Waals surface area contributed by atoms with Gasteiger partial charge in [0.1, 0.15) is 12.2 Å². The lowest BCUT2D eigenvalue weighted by atomic mass is 9.66. The van der Waals surface area contributed by atoms with Crippen molar-refractivity contribution in [1.29, 1.82) is 0 Å². The summed E-state index contributed by atoms with van der Waals surface area (Å²) in [7, 11) is 1.74. The summed E-state index contributed by atoms with van der Waals surface area (Å²) in [4.78, 5) is 4.45. The molecule has 1 fully saturated rings. The van der Waals surface area contributed by atoms with E-state index in [4.69, 9.17) is 4.74 Å². The SMILES string of the molecule is CCCn1ncnc1CC1(CNCCOC)CCC1. The predicted molar refractivity (Wildman–Crippen MR) is 75.0 cm³/mol. The van der Waals surface area contributed by atoms with Crippen LogP contribution in [0.1, 0.15) is 38.4 Å². The van der Waals surface area contributed by atoms with E-state index in [2.05, 4.69) is 27.0 Å². The van der Waals surface area contributed by atoms with E-state index in [1.807, 2.05) is 0 Å². The Morgan fingerprint density at radius 1 is 1.47 bits per heavy atom. The van der Waals surface area contributed by atoms with Gasteiger partial charge in [-0.3, -0.25) is 4.68 Å². The Kier molecular flexibility index (Phi) is 5.34. The Bertz CT molecular complexity index is 373. The minimum atomic E-state index is 0.395. The van der Waals surface area contributed by atoms with E-state index in [0.29, 0.717) is 5.41 Å². The molecule has 1 saturated carbocycles. The largest absolute Gasteiger partial charge is 0.383 e. The molecule has 0 saturated heterocycles. The van der Waals surface area contributed by atoms with Gasteiger partial charge in [0.15, 0.2) is 0 Å². The molecule has 0 unspecified atom stereocenters. The van der Waals surface area contributed by atoms with Crippen LogP contribution < -0.4 is 5.32 Å². The zero-order chi connectivity index (χ0) is 13.6. The van der Waals surface area contributed by atoms with Gasteiger partial charge in [0.2, 0.25) is 0 Å². The van der Waals surface area contributed by atoms with Crippen molar-refractivity contribution >= 4 is 0 Å². The summed E-state index contributed by atoms with van der Waals surface area (Å²) in [6, 6.07) is 0. The van der Waals surface area contributed by atoms with Crippen LogP contribution in [0, 0.1) is 5.41 Å². The number of nitrogens with one attached hydrogen (secondary N) is 1. The highest BCUT2D eigenvalue weighted by Gasteiger charge is 2.37. The maximum absolute atomic E-state index is 5.08. The van der Waals surface area contributed by atoms with Crippen molar-refractivity contribution in [3.63, 3.8) is 0 Å². The summed E-state index contributed by atoms with van der Waals surface area (Å²) in [5.41, 5.74) is 0.395. The molecule has 5 heteroatoms. The molecule has 108 valence electrons. The van der Waals surface area contributed by atoms with E-state index in [9.17, 15) is 0 Å². The van der Waals surface area contributed by atoms with Crippen LogP contribution in [-0.2, 0) is 17.7 Å². The van der Waals surface area contributed by atoms with Gasteiger partial charge in [-0.25, -0.2) is 4.98 Å².